The first kappa shape index (κ1) is 13.4. The monoisotopic (exact) mass is 262 g/mol. The second-order valence-electron chi connectivity index (χ2n) is 3.99. The average molecular weight is 262 g/mol. The maximum absolute atomic E-state index is 5.67. The van der Waals surface area contributed by atoms with E-state index in [1.54, 1.807) is 18.9 Å². The number of hydrogen-bond acceptors (Lipinski definition) is 5. The standard InChI is InChI=1S/C13H18N4O2/c1-4-11-10(8-14)15-16-17(11)12-6-5-9(18-2)7-13(12)19-3/h5-7H,4,8,14H2,1-3H3. The van der Waals surface area contributed by atoms with Crippen LogP contribution in [0, 0.1) is 0 Å². The van der Waals surface area contributed by atoms with E-state index < -0.39 is 0 Å². The molecule has 2 rings (SSSR count). The molecule has 0 atom stereocenters. The fourth-order valence-corrected chi connectivity index (χ4v) is 2.00. The van der Waals surface area contributed by atoms with Crippen molar-refractivity contribution in [1.29, 1.82) is 0 Å². The van der Waals surface area contributed by atoms with Crippen molar-refractivity contribution in [1.82, 2.24) is 15.0 Å². The summed E-state index contributed by atoms with van der Waals surface area (Å²) in [4.78, 5) is 0. The highest BCUT2D eigenvalue weighted by Gasteiger charge is 2.15. The summed E-state index contributed by atoms with van der Waals surface area (Å²) in [5.41, 5.74) is 8.29. The first-order chi connectivity index (χ1) is 9.24. The minimum Gasteiger partial charge on any atom is -0.497 e. The predicted molar refractivity (Wildman–Crippen MR) is 71.7 cm³/mol. The minimum absolute atomic E-state index is 0.377. The molecule has 102 valence electrons. The van der Waals surface area contributed by atoms with Crippen LogP contribution in [0.5, 0.6) is 11.5 Å². The SMILES string of the molecule is CCc1c(CN)nnn1-c1ccc(OC)cc1OC. The van der Waals surface area contributed by atoms with E-state index in [0.29, 0.717) is 12.3 Å². The zero-order valence-electron chi connectivity index (χ0n) is 11.4. The third kappa shape index (κ3) is 2.39. The Morgan fingerprint density at radius 2 is 2.05 bits per heavy atom. The summed E-state index contributed by atoms with van der Waals surface area (Å²) in [5, 5.41) is 8.26. The molecule has 0 aliphatic rings. The highest BCUT2D eigenvalue weighted by molar-refractivity contribution is 5.51. The maximum Gasteiger partial charge on any atom is 0.148 e. The van der Waals surface area contributed by atoms with E-state index in [-0.39, 0.29) is 0 Å². The van der Waals surface area contributed by atoms with Crippen molar-refractivity contribution in [2.75, 3.05) is 14.2 Å². The Morgan fingerprint density at radius 3 is 2.63 bits per heavy atom. The van der Waals surface area contributed by atoms with Gasteiger partial charge in [0.2, 0.25) is 0 Å². The molecule has 2 N–H and O–H groups in total. The lowest BCUT2D eigenvalue weighted by Gasteiger charge is -2.12. The van der Waals surface area contributed by atoms with E-state index in [2.05, 4.69) is 10.3 Å². The number of benzene rings is 1. The van der Waals surface area contributed by atoms with Crippen molar-refractivity contribution in [3.05, 3.63) is 29.6 Å². The largest absolute Gasteiger partial charge is 0.497 e. The number of aromatic nitrogens is 3. The van der Waals surface area contributed by atoms with Crippen molar-refractivity contribution in [2.24, 2.45) is 5.73 Å². The number of ether oxygens (including phenoxy) is 2. The summed E-state index contributed by atoms with van der Waals surface area (Å²) in [5.74, 6) is 1.42. The van der Waals surface area contributed by atoms with Crippen LogP contribution in [0.3, 0.4) is 0 Å². The highest BCUT2D eigenvalue weighted by Crippen LogP contribution is 2.28. The first-order valence-corrected chi connectivity index (χ1v) is 6.11. The predicted octanol–water partition coefficient (Wildman–Crippen LogP) is 1.31. The number of nitrogens with two attached hydrogens (primary N) is 1. The van der Waals surface area contributed by atoms with Gasteiger partial charge in [0.25, 0.3) is 0 Å². The smallest absolute Gasteiger partial charge is 0.148 e. The molecule has 2 aromatic rings. The number of rotatable bonds is 5. The van der Waals surface area contributed by atoms with Crippen LogP contribution in [0.25, 0.3) is 5.69 Å². The van der Waals surface area contributed by atoms with E-state index in [0.717, 1.165) is 29.2 Å². The Bertz CT molecular complexity index is 566. The van der Waals surface area contributed by atoms with Gasteiger partial charge in [-0.2, -0.15) is 0 Å². The third-order valence-corrected chi connectivity index (χ3v) is 2.99. The van der Waals surface area contributed by atoms with Gasteiger partial charge in [0.05, 0.1) is 25.6 Å². The molecule has 0 bridgehead atoms. The van der Waals surface area contributed by atoms with Gasteiger partial charge in [0.1, 0.15) is 17.2 Å². The van der Waals surface area contributed by atoms with Gasteiger partial charge < -0.3 is 15.2 Å². The van der Waals surface area contributed by atoms with Crippen molar-refractivity contribution >= 4 is 0 Å². The average Bonchev–Trinajstić information content (AvgIpc) is 2.89. The summed E-state index contributed by atoms with van der Waals surface area (Å²) < 4.78 is 12.3. The van der Waals surface area contributed by atoms with Gasteiger partial charge in [-0.15, -0.1) is 5.10 Å². The fraction of sp³-hybridized carbons (Fsp3) is 0.385. The molecule has 6 nitrogen and oxygen atoms in total. The van der Waals surface area contributed by atoms with Crippen LogP contribution in [0.4, 0.5) is 0 Å². The Balaban J connectivity index is 2.55. The van der Waals surface area contributed by atoms with Crippen LogP contribution in [0.15, 0.2) is 18.2 Å². The zero-order valence-corrected chi connectivity index (χ0v) is 11.4. The molecule has 0 saturated carbocycles. The van der Waals surface area contributed by atoms with Crippen LogP contribution in [-0.2, 0) is 13.0 Å². The van der Waals surface area contributed by atoms with E-state index >= 15 is 0 Å². The zero-order chi connectivity index (χ0) is 13.8. The molecule has 0 aliphatic carbocycles. The molecule has 0 amide bonds. The van der Waals surface area contributed by atoms with E-state index in [9.17, 15) is 0 Å². The summed E-state index contributed by atoms with van der Waals surface area (Å²) in [6.45, 7) is 2.42. The second-order valence-corrected chi connectivity index (χ2v) is 3.99. The van der Waals surface area contributed by atoms with E-state index in [4.69, 9.17) is 15.2 Å². The van der Waals surface area contributed by atoms with Crippen molar-refractivity contribution < 1.29 is 9.47 Å². The van der Waals surface area contributed by atoms with Gasteiger partial charge in [-0.3, -0.25) is 0 Å². The van der Waals surface area contributed by atoms with Crippen molar-refractivity contribution in [2.45, 2.75) is 19.9 Å². The summed E-state index contributed by atoms with van der Waals surface area (Å²) in [6.07, 6.45) is 0.800. The molecule has 6 heteroatoms. The lowest BCUT2D eigenvalue weighted by atomic mass is 10.2. The van der Waals surface area contributed by atoms with Crippen molar-refractivity contribution in [3.8, 4) is 17.2 Å². The first-order valence-electron chi connectivity index (χ1n) is 6.11. The Kier molecular flexibility index (Phi) is 4.01. The molecule has 1 aromatic carbocycles. The molecule has 0 spiro atoms. The van der Waals surface area contributed by atoms with Gasteiger partial charge in [0.15, 0.2) is 0 Å². The fourth-order valence-electron chi connectivity index (χ4n) is 2.00. The van der Waals surface area contributed by atoms with Gasteiger partial charge in [-0.1, -0.05) is 12.1 Å². The normalized spacial score (nSPS) is 10.5. The molecule has 19 heavy (non-hydrogen) atoms. The van der Waals surface area contributed by atoms with Crippen molar-refractivity contribution in [3.63, 3.8) is 0 Å². The minimum atomic E-state index is 0.377. The summed E-state index contributed by atoms with van der Waals surface area (Å²) >= 11 is 0. The Hall–Kier alpha value is -2.08. The molecule has 0 radical (unpaired) electrons. The van der Waals surface area contributed by atoms with E-state index in [1.165, 1.54) is 0 Å². The number of nitrogens with zero attached hydrogens (tertiary/aromatic N) is 3. The molecule has 0 fully saturated rings. The molecule has 0 saturated heterocycles. The lowest BCUT2D eigenvalue weighted by Crippen LogP contribution is -2.06. The molecule has 1 aromatic heterocycles. The van der Waals surface area contributed by atoms with Crippen LogP contribution >= 0.6 is 0 Å². The molecular weight excluding hydrogens is 244 g/mol. The summed E-state index contributed by atoms with van der Waals surface area (Å²) in [7, 11) is 3.23. The number of hydrogen-bond donors (Lipinski definition) is 1. The van der Waals surface area contributed by atoms with Gasteiger partial charge in [0, 0.05) is 12.6 Å². The lowest BCUT2D eigenvalue weighted by molar-refractivity contribution is 0.392. The molecule has 1 heterocycles. The molecule has 0 unspecified atom stereocenters. The second kappa shape index (κ2) is 5.71. The van der Waals surface area contributed by atoms with Crippen LogP contribution in [0.2, 0.25) is 0 Å². The Labute approximate surface area is 112 Å². The van der Waals surface area contributed by atoms with Crippen LogP contribution in [-0.4, -0.2) is 29.2 Å². The number of methoxy groups -OCH3 is 2. The van der Waals surface area contributed by atoms with E-state index in [1.807, 2.05) is 25.1 Å². The third-order valence-electron chi connectivity index (χ3n) is 2.99. The maximum atomic E-state index is 5.67. The van der Waals surface area contributed by atoms with Gasteiger partial charge in [-0.25, -0.2) is 4.68 Å². The highest BCUT2D eigenvalue weighted by atomic mass is 16.5. The van der Waals surface area contributed by atoms with Gasteiger partial charge in [-0.05, 0) is 18.6 Å². The van der Waals surface area contributed by atoms with Crippen LogP contribution in [0.1, 0.15) is 18.3 Å². The quantitative estimate of drug-likeness (QED) is 0.879. The molecular formula is C13H18N4O2. The topological polar surface area (TPSA) is 75.2 Å². The van der Waals surface area contributed by atoms with Crippen LogP contribution < -0.4 is 15.2 Å². The molecule has 0 aliphatic heterocycles. The summed E-state index contributed by atoms with van der Waals surface area (Å²) in [6, 6.07) is 5.57. The Morgan fingerprint density at radius 1 is 1.26 bits per heavy atom. The van der Waals surface area contributed by atoms with Gasteiger partial charge >= 0.3 is 0 Å².